The predicted octanol–water partition coefficient (Wildman–Crippen LogP) is 3.69. The summed E-state index contributed by atoms with van der Waals surface area (Å²) >= 11 is 5.89. The summed E-state index contributed by atoms with van der Waals surface area (Å²) in [4.78, 5) is 26.6. The molecule has 2 aromatic rings. The van der Waals surface area contributed by atoms with Crippen LogP contribution in [0, 0.1) is 13.8 Å². The third-order valence-electron chi connectivity index (χ3n) is 5.40. The van der Waals surface area contributed by atoms with Gasteiger partial charge in [0.05, 0.1) is 6.42 Å². The van der Waals surface area contributed by atoms with Crippen LogP contribution in [0.3, 0.4) is 0 Å². The van der Waals surface area contributed by atoms with E-state index in [1.54, 1.807) is 12.1 Å². The maximum absolute atomic E-state index is 12.5. The van der Waals surface area contributed by atoms with Crippen molar-refractivity contribution >= 4 is 23.4 Å². The van der Waals surface area contributed by atoms with E-state index < -0.39 is 0 Å². The fourth-order valence-electron chi connectivity index (χ4n) is 3.46. The first-order chi connectivity index (χ1) is 13.9. The molecule has 1 N–H and O–H groups in total. The molecular weight excluding hydrogens is 388 g/mol. The van der Waals surface area contributed by atoms with E-state index >= 15 is 0 Å². The van der Waals surface area contributed by atoms with Gasteiger partial charge in [-0.2, -0.15) is 0 Å². The average molecular weight is 415 g/mol. The number of piperidine rings is 1. The number of rotatable bonds is 6. The molecular formula is C23H27ClN2O3. The summed E-state index contributed by atoms with van der Waals surface area (Å²) in [6, 6.07) is 13.2. The Morgan fingerprint density at radius 2 is 1.79 bits per heavy atom. The summed E-state index contributed by atoms with van der Waals surface area (Å²) in [7, 11) is 0. The topological polar surface area (TPSA) is 58.6 Å². The van der Waals surface area contributed by atoms with Crippen LogP contribution < -0.4 is 10.1 Å². The predicted molar refractivity (Wildman–Crippen MR) is 114 cm³/mol. The number of halogens is 1. The van der Waals surface area contributed by atoms with Crippen molar-refractivity contribution in [3.8, 4) is 5.75 Å². The van der Waals surface area contributed by atoms with Gasteiger partial charge in [0, 0.05) is 24.2 Å². The van der Waals surface area contributed by atoms with Gasteiger partial charge in [0.1, 0.15) is 5.75 Å². The molecule has 1 aliphatic rings. The molecule has 2 aromatic carbocycles. The summed E-state index contributed by atoms with van der Waals surface area (Å²) < 4.78 is 5.67. The van der Waals surface area contributed by atoms with Gasteiger partial charge in [0.15, 0.2) is 6.61 Å². The van der Waals surface area contributed by atoms with Crippen LogP contribution in [0.1, 0.15) is 29.5 Å². The minimum atomic E-state index is -0.128. The van der Waals surface area contributed by atoms with E-state index in [0.717, 1.165) is 35.3 Å². The Kier molecular flexibility index (Phi) is 7.15. The maximum atomic E-state index is 12.5. The SMILES string of the molecule is Cc1cccc(OCC(=O)NC2CCN(C(=O)Cc3ccc(Cl)cc3)CC2)c1C. The first-order valence-electron chi connectivity index (χ1n) is 9.93. The smallest absolute Gasteiger partial charge is 0.258 e. The van der Waals surface area contributed by atoms with E-state index in [9.17, 15) is 9.59 Å². The van der Waals surface area contributed by atoms with Crippen molar-refractivity contribution in [2.75, 3.05) is 19.7 Å². The molecule has 1 heterocycles. The highest BCUT2D eigenvalue weighted by Gasteiger charge is 2.24. The number of nitrogens with zero attached hydrogens (tertiary/aromatic N) is 1. The van der Waals surface area contributed by atoms with Crippen LogP contribution in [-0.2, 0) is 16.0 Å². The minimum absolute atomic E-state index is 0.00000490. The Hall–Kier alpha value is -2.53. The molecule has 0 aromatic heterocycles. The van der Waals surface area contributed by atoms with Gasteiger partial charge in [-0.3, -0.25) is 9.59 Å². The number of carbonyl (C=O) groups excluding carboxylic acids is 2. The summed E-state index contributed by atoms with van der Waals surface area (Å²) in [5.41, 5.74) is 3.14. The Bertz CT molecular complexity index is 859. The summed E-state index contributed by atoms with van der Waals surface area (Å²) in [5.74, 6) is 0.718. The average Bonchev–Trinajstić information content (AvgIpc) is 2.71. The van der Waals surface area contributed by atoms with E-state index in [1.165, 1.54) is 0 Å². The Morgan fingerprint density at radius 3 is 2.48 bits per heavy atom. The highest BCUT2D eigenvalue weighted by atomic mass is 35.5. The van der Waals surface area contributed by atoms with Crippen LogP contribution in [0.4, 0.5) is 0 Å². The molecule has 29 heavy (non-hydrogen) atoms. The molecule has 2 amide bonds. The quantitative estimate of drug-likeness (QED) is 0.784. The summed E-state index contributed by atoms with van der Waals surface area (Å²) in [6.45, 7) is 5.30. The van der Waals surface area contributed by atoms with E-state index in [0.29, 0.717) is 24.5 Å². The molecule has 0 unspecified atom stereocenters. The van der Waals surface area contributed by atoms with Crippen LogP contribution in [0.5, 0.6) is 5.75 Å². The zero-order chi connectivity index (χ0) is 20.8. The largest absolute Gasteiger partial charge is 0.483 e. The fraction of sp³-hybridized carbons (Fsp3) is 0.391. The molecule has 0 aliphatic carbocycles. The molecule has 0 atom stereocenters. The number of carbonyl (C=O) groups is 2. The number of benzene rings is 2. The molecule has 0 bridgehead atoms. The standard InChI is InChI=1S/C23H27ClN2O3/c1-16-4-3-5-21(17(16)2)29-15-22(27)25-20-10-12-26(13-11-20)23(28)14-18-6-8-19(24)9-7-18/h3-9,20H,10-15H2,1-2H3,(H,25,27). The Morgan fingerprint density at radius 1 is 1.10 bits per heavy atom. The first-order valence-corrected chi connectivity index (χ1v) is 10.3. The van der Waals surface area contributed by atoms with Gasteiger partial charge < -0.3 is 15.0 Å². The number of nitrogens with one attached hydrogen (secondary N) is 1. The lowest BCUT2D eigenvalue weighted by Gasteiger charge is -2.32. The molecule has 1 saturated heterocycles. The monoisotopic (exact) mass is 414 g/mol. The van der Waals surface area contributed by atoms with Crippen molar-refractivity contribution in [3.05, 3.63) is 64.2 Å². The molecule has 5 nitrogen and oxygen atoms in total. The number of amides is 2. The van der Waals surface area contributed by atoms with Crippen molar-refractivity contribution < 1.29 is 14.3 Å². The number of ether oxygens (including phenoxy) is 1. The zero-order valence-electron chi connectivity index (χ0n) is 16.9. The van der Waals surface area contributed by atoms with Gasteiger partial charge in [-0.15, -0.1) is 0 Å². The second-order valence-electron chi connectivity index (χ2n) is 7.51. The summed E-state index contributed by atoms with van der Waals surface area (Å²) in [6.07, 6.45) is 1.88. The van der Waals surface area contributed by atoms with Crippen LogP contribution in [0.25, 0.3) is 0 Å². The van der Waals surface area contributed by atoms with Crippen molar-refractivity contribution in [2.24, 2.45) is 0 Å². The fourth-order valence-corrected chi connectivity index (χ4v) is 3.58. The number of aryl methyl sites for hydroxylation is 1. The van der Waals surface area contributed by atoms with Gasteiger partial charge in [-0.05, 0) is 61.6 Å². The zero-order valence-corrected chi connectivity index (χ0v) is 17.7. The molecule has 1 fully saturated rings. The van der Waals surface area contributed by atoms with Crippen molar-refractivity contribution in [1.29, 1.82) is 0 Å². The number of likely N-dealkylation sites (tertiary alicyclic amines) is 1. The first kappa shape index (κ1) is 21.2. The Balaban J connectivity index is 1.41. The number of hydrogen-bond donors (Lipinski definition) is 1. The van der Waals surface area contributed by atoms with Gasteiger partial charge in [0.25, 0.3) is 5.91 Å². The van der Waals surface area contributed by atoms with Crippen LogP contribution >= 0.6 is 11.6 Å². The lowest BCUT2D eigenvalue weighted by molar-refractivity contribution is -0.131. The Labute approximate surface area is 177 Å². The van der Waals surface area contributed by atoms with Crippen molar-refractivity contribution in [1.82, 2.24) is 10.2 Å². The molecule has 154 valence electrons. The minimum Gasteiger partial charge on any atom is -0.483 e. The second kappa shape index (κ2) is 9.79. The molecule has 0 saturated carbocycles. The third kappa shape index (κ3) is 5.97. The van der Waals surface area contributed by atoms with Gasteiger partial charge in [-0.25, -0.2) is 0 Å². The molecule has 6 heteroatoms. The van der Waals surface area contributed by atoms with Gasteiger partial charge in [0.2, 0.25) is 5.91 Å². The second-order valence-corrected chi connectivity index (χ2v) is 7.95. The molecule has 0 radical (unpaired) electrons. The summed E-state index contributed by atoms with van der Waals surface area (Å²) in [5, 5.41) is 3.69. The van der Waals surface area contributed by atoms with E-state index in [2.05, 4.69) is 5.32 Å². The van der Waals surface area contributed by atoms with Crippen LogP contribution in [0.15, 0.2) is 42.5 Å². The lowest BCUT2D eigenvalue weighted by atomic mass is 10.0. The van der Waals surface area contributed by atoms with Crippen LogP contribution in [0.2, 0.25) is 5.02 Å². The molecule has 1 aliphatic heterocycles. The van der Waals surface area contributed by atoms with E-state index in [-0.39, 0.29) is 24.5 Å². The van der Waals surface area contributed by atoms with E-state index in [1.807, 2.05) is 49.1 Å². The normalized spacial score (nSPS) is 14.5. The van der Waals surface area contributed by atoms with Gasteiger partial charge >= 0.3 is 0 Å². The van der Waals surface area contributed by atoms with Crippen molar-refractivity contribution in [3.63, 3.8) is 0 Å². The van der Waals surface area contributed by atoms with E-state index in [4.69, 9.17) is 16.3 Å². The molecule has 3 rings (SSSR count). The lowest BCUT2D eigenvalue weighted by Crippen LogP contribution is -2.47. The van der Waals surface area contributed by atoms with Gasteiger partial charge in [-0.1, -0.05) is 35.9 Å². The molecule has 0 spiro atoms. The van der Waals surface area contributed by atoms with Crippen LogP contribution in [-0.4, -0.2) is 42.5 Å². The highest BCUT2D eigenvalue weighted by Crippen LogP contribution is 2.20. The maximum Gasteiger partial charge on any atom is 0.258 e. The third-order valence-corrected chi connectivity index (χ3v) is 5.65. The van der Waals surface area contributed by atoms with Crippen molar-refractivity contribution in [2.45, 2.75) is 39.2 Å². The number of hydrogen-bond acceptors (Lipinski definition) is 3. The highest BCUT2D eigenvalue weighted by molar-refractivity contribution is 6.30.